The van der Waals surface area contributed by atoms with Crippen LogP contribution in [0, 0.1) is 45.3 Å². The maximum Gasteiger partial charge on any atom is 0.312 e. The molecule has 0 spiro atoms. The molecule has 90 heavy (non-hydrogen) atoms. The molecule has 0 radical (unpaired) electrons. The van der Waals surface area contributed by atoms with Gasteiger partial charge in [0.25, 0.3) is 0 Å². The van der Waals surface area contributed by atoms with Crippen molar-refractivity contribution in [2.75, 3.05) is 105 Å². The smallest absolute Gasteiger partial charge is 0.312 e. The topological polar surface area (TPSA) is 118 Å². The first-order valence-corrected chi connectivity index (χ1v) is 38.5. The zero-order chi connectivity index (χ0) is 63.4. The normalized spacial score (nSPS) is 22.2. The number of ether oxygens (including phenoxy) is 4. The van der Waals surface area contributed by atoms with E-state index in [0.29, 0.717) is 50.1 Å². The molecule has 8 rings (SSSR count). The van der Waals surface area contributed by atoms with E-state index in [4.69, 9.17) is 18.9 Å². The fourth-order valence-electron chi connectivity index (χ4n) is 18.3. The van der Waals surface area contributed by atoms with Gasteiger partial charge in [-0.3, -0.25) is 19.2 Å². The van der Waals surface area contributed by atoms with Crippen LogP contribution in [-0.4, -0.2) is 148 Å². The van der Waals surface area contributed by atoms with Gasteiger partial charge in [-0.25, -0.2) is 0 Å². The highest BCUT2D eigenvalue weighted by molar-refractivity contribution is 7.37. The van der Waals surface area contributed by atoms with Crippen LogP contribution in [0.3, 0.4) is 0 Å². The highest BCUT2D eigenvalue weighted by Crippen LogP contribution is 2.53. The maximum absolute atomic E-state index is 12.9. The Balaban J connectivity index is 0.000000311. The molecule has 0 unspecified atom stereocenters. The molecule has 0 heterocycles. The van der Waals surface area contributed by atoms with Crippen LogP contribution in [0.15, 0.2) is 0 Å². The molecular formula is C76H140N4O8S2-4. The highest BCUT2D eigenvalue weighted by atomic mass is 32.1. The summed E-state index contributed by atoms with van der Waals surface area (Å²) in [5, 5.41) is 0. The molecule has 8 fully saturated rings. The van der Waals surface area contributed by atoms with E-state index in [9.17, 15) is 19.2 Å². The number of esters is 4. The van der Waals surface area contributed by atoms with Crippen molar-refractivity contribution in [2.45, 2.75) is 312 Å². The summed E-state index contributed by atoms with van der Waals surface area (Å²) in [4.78, 5) is 61.0. The first kappa shape index (κ1) is 82.7. The Morgan fingerprint density at radius 2 is 0.400 bits per heavy atom. The molecule has 0 aromatic heterocycles. The van der Waals surface area contributed by atoms with Gasteiger partial charge < -0.3 is 65.5 Å². The monoisotopic (exact) mass is 1300 g/mol. The molecule has 0 N–H and O–H groups in total. The van der Waals surface area contributed by atoms with Gasteiger partial charge >= 0.3 is 23.9 Å². The molecule has 0 aromatic carbocycles. The minimum absolute atomic E-state index is 0. The molecule has 0 bridgehead atoms. The molecule has 0 amide bonds. The highest BCUT2D eigenvalue weighted by Gasteiger charge is 2.51. The van der Waals surface area contributed by atoms with Gasteiger partial charge in [-0.1, -0.05) is 209 Å². The third-order valence-electron chi connectivity index (χ3n) is 24.3. The second-order valence-electron chi connectivity index (χ2n) is 28.9. The van der Waals surface area contributed by atoms with E-state index in [1.807, 2.05) is 0 Å². The van der Waals surface area contributed by atoms with E-state index in [-0.39, 0.29) is 72.5 Å². The molecule has 0 saturated heterocycles. The van der Waals surface area contributed by atoms with Gasteiger partial charge in [0.15, 0.2) is 0 Å². The molecule has 8 aliphatic rings. The molecule has 0 aliphatic heterocycles. The van der Waals surface area contributed by atoms with Gasteiger partial charge in [0.05, 0.1) is 21.7 Å². The number of likely N-dealkylation sites (N-methyl/N-ethyl adjacent to an activating group) is 4. The molecular weight excluding hydrogens is 1160 g/mol. The number of hydrogen-bond donors (Lipinski definition) is 0. The van der Waals surface area contributed by atoms with Crippen molar-refractivity contribution in [1.29, 1.82) is 0 Å². The van der Waals surface area contributed by atoms with Gasteiger partial charge in [0, 0.05) is 26.2 Å². The third-order valence-corrected chi connectivity index (χ3v) is 24.3. The van der Waals surface area contributed by atoms with Crippen LogP contribution in [0.2, 0.25) is 0 Å². The Morgan fingerprint density at radius 3 is 0.544 bits per heavy atom. The van der Waals surface area contributed by atoms with Gasteiger partial charge in [-0.05, 0) is 179 Å². The Kier molecular flexibility index (Phi) is 42.8. The van der Waals surface area contributed by atoms with Crippen molar-refractivity contribution in [2.24, 2.45) is 45.3 Å². The predicted molar refractivity (Wildman–Crippen MR) is 378 cm³/mol. The quantitative estimate of drug-likeness (QED) is 0.0548. The summed E-state index contributed by atoms with van der Waals surface area (Å²) in [6.45, 7) is 31.3. The van der Waals surface area contributed by atoms with Crippen molar-refractivity contribution in [3.63, 3.8) is 0 Å². The first-order valence-electron chi connectivity index (χ1n) is 38.5. The van der Waals surface area contributed by atoms with Crippen molar-refractivity contribution in [3.8, 4) is 0 Å². The molecule has 8 saturated carbocycles. The standard InChI is InChI=1S/4C19H35NO2.2S/c4*1-3-20(4-2)15-16-22-18(21)19(13-9-6-10-14-19)17-11-7-5-8-12-17;;/h4*17H,3-16H2,1-2H3;;/q;;;;2*-2. The SMILES string of the molecule is CCN(CC)CCOC(=O)C1(C2CCCCC2)CCCCC1.CCN(CC)CCOC(=O)C1(C2CCCCC2)CCCCC1.CCN(CC)CCOC(=O)C1(C2CCCCC2)CCCCC1.CCN(CC)CCOC(=O)C1(C2CCCCC2)CCCCC1.[S-2].[S-2]. The number of hydrogen-bond acceptors (Lipinski definition) is 12. The van der Waals surface area contributed by atoms with E-state index in [2.05, 4.69) is 75.0 Å². The minimum Gasteiger partial charge on any atom is -2.00 e. The van der Waals surface area contributed by atoms with Crippen LogP contribution in [0.25, 0.3) is 0 Å². The van der Waals surface area contributed by atoms with Crippen molar-refractivity contribution < 1.29 is 38.1 Å². The van der Waals surface area contributed by atoms with E-state index in [1.54, 1.807) is 0 Å². The van der Waals surface area contributed by atoms with Crippen LogP contribution in [-0.2, 0) is 65.1 Å². The van der Waals surface area contributed by atoms with Gasteiger partial charge in [0.2, 0.25) is 0 Å². The van der Waals surface area contributed by atoms with Crippen molar-refractivity contribution >= 4 is 50.9 Å². The van der Waals surface area contributed by atoms with Crippen molar-refractivity contribution in [1.82, 2.24) is 19.6 Å². The third kappa shape index (κ3) is 25.1. The summed E-state index contributed by atoms with van der Waals surface area (Å²) in [6, 6.07) is 0. The second kappa shape index (κ2) is 46.6. The number of nitrogens with zero attached hydrogens (tertiary/aromatic N) is 4. The lowest BCUT2D eigenvalue weighted by Gasteiger charge is -2.43. The van der Waals surface area contributed by atoms with E-state index < -0.39 is 0 Å². The summed E-state index contributed by atoms with van der Waals surface area (Å²) in [5.41, 5.74) is -0.548. The van der Waals surface area contributed by atoms with Crippen LogP contribution in [0.4, 0.5) is 0 Å². The number of rotatable bonds is 28. The van der Waals surface area contributed by atoms with Gasteiger partial charge in [0.1, 0.15) is 26.4 Å². The lowest BCUT2D eigenvalue weighted by Crippen LogP contribution is -2.43. The summed E-state index contributed by atoms with van der Waals surface area (Å²) < 4.78 is 23.2. The predicted octanol–water partition coefficient (Wildman–Crippen LogP) is 17.6. The molecule has 528 valence electrons. The average molecular weight is 1300 g/mol. The van der Waals surface area contributed by atoms with Crippen LogP contribution in [0.5, 0.6) is 0 Å². The second-order valence-corrected chi connectivity index (χ2v) is 28.9. The molecule has 12 nitrogen and oxygen atoms in total. The lowest BCUT2D eigenvalue weighted by atomic mass is 9.62. The van der Waals surface area contributed by atoms with Crippen LogP contribution in [0.1, 0.15) is 312 Å². The zero-order valence-electron chi connectivity index (χ0n) is 59.8. The fourth-order valence-corrected chi connectivity index (χ4v) is 18.3. The Morgan fingerprint density at radius 1 is 0.256 bits per heavy atom. The largest absolute Gasteiger partial charge is 2.00 e. The minimum atomic E-state index is -0.137. The Labute approximate surface area is 568 Å². The number of carbonyl (C=O) groups excluding carboxylic acids is 4. The number of carbonyl (C=O) groups is 4. The summed E-state index contributed by atoms with van der Waals surface area (Å²) >= 11 is 0. The molecule has 0 aromatic rings. The van der Waals surface area contributed by atoms with Gasteiger partial charge in [-0.2, -0.15) is 0 Å². The maximum atomic E-state index is 12.9. The first-order chi connectivity index (χ1) is 42.9. The van der Waals surface area contributed by atoms with Crippen LogP contribution < -0.4 is 0 Å². The van der Waals surface area contributed by atoms with E-state index >= 15 is 0 Å². The summed E-state index contributed by atoms with van der Waals surface area (Å²) in [5.74, 6) is 2.87. The van der Waals surface area contributed by atoms with E-state index in [0.717, 1.165) is 130 Å². The average Bonchev–Trinajstić information content (AvgIpc) is 1.81. The summed E-state index contributed by atoms with van der Waals surface area (Å²) in [6.07, 6.45) is 49.2. The molecule has 14 heteroatoms. The molecule has 8 aliphatic carbocycles. The van der Waals surface area contributed by atoms with Crippen LogP contribution >= 0.6 is 0 Å². The molecule has 0 atom stereocenters. The Hall–Kier alpha value is -1.58. The summed E-state index contributed by atoms with van der Waals surface area (Å²) in [7, 11) is 0. The van der Waals surface area contributed by atoms with Gasteiger partial charge in [-0.15, -0.1) is 0 Å². The zero-order valence-corrected chi connectivity index (χ0v) is 61.4. The lowest BCUT2D eigenvalue weighted by molar-refractivity contribution is -0.165. The van der Waals surface area contributed by atoms with E-state index in [1.165, 1.54) is 205 Å². The van der Waals surface area contributed by atoms with Crippen molar-refractivity contribution in [3.05, 3.63) is 0 Å². The fraction of sp³-hybridized carbons (Fsp3) is 0.947. The Bertz CT molecular complexity index is 1580.